The molecule has 0 aliphatic heterocycles. The first kappa shape index (κ1) is 14.2. The molecule has 3 nitrogen and oxygen atoms in total. The van der Waals surface area contributed by atoms with Crippen LogP contribution in [-0.4, -0.2) is 32.0 Å². The second kappa shape index (κ2) is 4.83. The van der Waals surface area contributed by atoms with Crippen molar-refractivity contribution < 1.29 is 27.4 Å². The van der Waals surface area contributed by atoms with Gasteiger partial charge in [0.25, 0.3) is 0 Å². The van der Waals surface area contributed by atoms with Gasteiger partial charge in [0, 0.05) is 7.11 Å². The fourth-order valence-corrected chi connectivity index (χ4v) is 0.714. The lowest BCUT2D eigenvalue weighted by molar-refractivity contribution is -0.228. The number of ether oxygens (including phenoxy) is 2. The maximum Gasteiger partial charge on any atom is 0.404 e. The van der Waals surface area contributed by atoms with Crippen LogP contribution in [0.15, 0.2) is 0 Å². The second-order valence-corrected chi connectivity index (χ2v) is 3.79. The van der Waals surface area contributed by atoms with E-state index in [2.05, 4.69) is 9.47 Å². The molecule has 0 saturated heterocycles. The summed E-state index contributed by atoms with van der Waals surface area (Å²) in [7, 11) is 1.37. The van der Waals surface area contributed by atoms with Crippen LogP contribution in [0.3, 0.4) is 0 Å². The molecule has 1 unspecified atom stereocenters. The maximum absolute atomic E-state index is 12.4. The zero-order chi connectivity index (χ0) is 12.3. The number of rotatable bonds is 4. The molecule has 6 heteroatoms. The van der Waals surface area contributed by atoms with Gasteiger partial charge in [-0.25, -0.2) is 0 Å². The molecule has 0 amide bonds. The van der Waals surface area contributed by atoms with Crippen LogP contribution >= 0.6 is 0 Å². The van der Waals surface area contributed by atoms with Crippen molar-refractivity contribution >= 4 is 5.97 Å². The molecule has 0 spiro atoms. The molecule has 0 rings (SSSR count). The minimum absolute atomic E-state index is 0.0691. The minimum Gasteiger partial charge on any atom is -0.460 e. The van der Waals surface area contributed by atoms with Crippen molar-refractivity contribution in [2.45, 2.75) is 33.1 Å². The van der Waals surface area contributed by atoms with E-state index >= 15 is 0 Å². The van der Waals surface area contributed by atoms with E-state index in [0.29, 0.717) is 0 Å². The molecule has 0 aromatic heterocycles. The highest BCUT2D eigenvalue weighted by Gasteiger charge is 2.54. The molecule has 0 radical (unpaired) electrons. The van der Waals surface area contributed by atoms with Gasteiger partial charge < -0.3 is 9.47 Å². The predicted octanol–water partition coefficient (Wildman–Crippen LogP) is 2.15. The number of hydrogen-bond acceptors (Lipinski definition) is 3. The molecular formula is C9H15F3O3. The summed E-state index contributed by atoms with van der Waals surface area (Å²) in [6.45, 7) is 3.11. The normalized spacial score (nSPS) is 14.9. The highest BCUT2D eigenvalue weighted by Crippen LogP contribution is 2.38. The topological polar surface area (TPSA) is 35.5 Å². The van der Waals surface area contributed by atoms with Gasteiger partial charge in [-0.15, -0.1) is 0 Å². The van der Waals surface area contributed by atoms with Crippen LogP contribution < -0.4 is 0 Å². The van der Waals surface area contributed by atoms with Gasteiger partial charge >= 0.3 is 12.1 Å². The first-order chi connectivity index (χ1) is 6.63. The van der Waals surface area contributed by atoms with E-state index < -0.39 is 23.7 Å². The molecule has 0 aromatic rings. The first-order valence-corrected chi connectivity index (χ1v) is 4.39. The summed E-state index contributed by atoms with van der Waals surface area (Å²) in [5, 5.41) is 0. The minimum atomic E-state index is -4.61. The standard InChI is InChI=1S/C9H15F3O3/c1-6(5-14-4)15-7(13)8(2,3)9(10,11)12/h6H,5H2,1-4H3. The van der Waals surface area contributed by atoms with Crippen LogP contribution in [0.1, 0.15) is 20.8 Å². The summed E-state index contributed by atoms with van der Waals surface area (Å²) < 4.78 is 46.4. The largest absolute Gasteiger partial charge is 0.460 e. The van der Waals surface area contributed by atoms with Crippen LogP contribution in [0.25, 0.3) is 0 Å². The van der Waals surface area contributed by atoms with E-state index in [9.17, 15) is 18.0 Å². The molecule has 0 N–H and O–H groups in total. The van der Waals surface area contributed by atoms with Gasteiger partial charge in [-0.1, -0.05) is 0 Å². The Hall–Kier alpha value is -0.780. The van der Waals surface area contributed by atoms with Crippen LogP contribution in [0.2, 0.25) is 0 Å². The lowest BCUT2D eigenvalue weighted by Crippen LogP contribution is -2.42. The summed E-state index contributed by atoms with van der Waals surface area (Å²) in [5.41, 5.74) is -2.49. The summed E-state index contributed by atoms with van der Waals surface area (Å²) in [4.78, 5) is 11.2. The smallest absolute Gasteiger partial charge is 0.404 e. The number of alkyl halides is 3. The lowest BCUT2D eigenvalue weighted by Gasteiger charge is -2.26. The molecule has 90 valence electrons. The fourth-order valence-electron chi connectivity index (χ4n) is 0.714. The number of carbonyl (C=O) groups is 1. The predicted molar refractivity (Wildman–Crippen MR) is 47.3 cm³/mol. The van der Waals surface area contributed by atoms with Crippen LogP contribution in [0.5, 0.6) is 0 Å². The Labute approximate surface area is 86.5 Å². The zero-order valence-corrected chi connectivity index (χ0v) is 9.14. The van der Waals surface area contributed by atoms with Gasteiger partial charge in [-0.2, -0.15) is 13.2 Å². The molecule has 1 atom stereocenters. The van der Waals surface area contributed by atoms with E-state index in [1.165, 1.54) is 14.0 Å². The Morgan fingerprint density at radius 3 is 2.13 bits per heavy atom. The number of hydrogen-bond donors (Lipinski definition) is 0. The van der Waals surface area contributed by atoms with Crippen LogP contribution in [0, 0.1) is 5.41 Å². The summed E-state index contributed by atoms with van der Waals surface area (Å²) in [6.07, 6.45) is -5.30. The van der Waals surface area contributed by atoms with E-state index in [-0.39, 0.29) is 6.61 Å². The third-order valence-corrected chi connectivity index (χ3v) is 1.93. The van der Waals surface area contributed by atoms with Crippen molar-refractivity contribution in [2.24, 2.45) is 5.41 Å². The van der Waals surface area contributed by atoms with Gasteiger partial charge in [-0.05, 0) is 20.8 Å². The van der Waals surface area contributed by atoms with Gasteiger partial charge in [0.1, 0.15) is 6.10 Å². The van der Waals surface area contributed by atoms with Crippen molar-refractivity contribution in [2.75, 3.05) is 13.7 Å². The Balaban J connectivity index is 4.45. The van der Waals surface area contributed by atoms with Crippen molar-refractivity contribution in [3.63, 3.8) is 0 Å². The van der Waals surface area contributed by atoms with Gasteiger partial charge in [0.2, 0.25) is 0 Å². The third kappa shape index (κ3) is 3.70. The van der Waals surface area contributed by atoms with Crippen LogP contribution in [-0.2, 0) is 14.3 Å². The number of methoxy groups -OCH3 is 1. The van der Waals surface area contributed by atoms with Crippen LogP contribution in [0.4, 0.5) is 13.2 Å². The summed E-state index contributed by atoms with van der Waals surface area (Å²) in [5.74, 6) is -1.29. The molecule has 0 aromatic carbocycles. The lowest BCUT2D eigenvalue weighted by atomic mass is 9.93. The molecule has 0 aliphatic rings. The second-order valence-electron chi connectivity index (χ2n) is 3.79. The van der Waals surface area contributed by atoms with E-state index in [0.717, 1.165) is 13.8 Å². The Morgan fingerprint density at radius 1 is 1.33 bits per heavy atom. The molecule has 0 bridgehead atoms. The molecule has 15 heavy (non-hydrogen) atoms. The van der Waals surface area contributed by atoms with Gasteiger partial charge in [-0.3, -0.25) is 4.79 Å². The van der Waals surface area contributed by atoms with E-state index in [1.807, 2.05) is 0 Å². The average molecular weight is 228 g/mol. The summed E-state index contributed by atoms with van der Waals surface area (Å²) in [6, 6.07) is 0. The van der Waals surface area contributed by atoms with E-state index in [1.54, 1.807) is 0 Å². The van der Waals surface area contributed by atoms with Crippen molar-refractivity contribution in [3.05, 3.63) is 0 Å². The fraction of sp³-hybridized carbons (Fsp3) is 0.889. The quantitative estimate of drug-likeness (QED) is 0.691. The Morgan fingerprint density at radius 2 is 1.80 bits per heavy atom. The van der Waals surface area contributed by atoms with Gasteiger partial charge in [0.05, 0.1) is 6.61 Å². The Bertz CT molecular complexity index is 223. The third-order valence-electron chi connectivity index (χ3n) is 1.93. The summed E-state index contributed by atoms with van der Waals surface area (Å²) >= 11 is 0. The van der Waals surface area contributed by atoms with Crippen molar-refractivity contribution in [1.82, 2.24) is 0 Å². The van der Waals surface area contributed by atoms with Gasteiger partial charge in [0.15, 0.2) is 5.41 Å². The number of carbonyl (C=O) groups excluding carboxylic acids is 1. The Kier molecular flexibility index (Phi) is 4.58. The highest BCUT2D eigenvalue weighted by molar-refractivity contribution is 5.77. The average Bonchev–Trinajstić information content (AvgIpc) is 2.02. The maximum atomic E-state index is 12.4. The zero-order valence-electron chi connectivity index (χ0n) is 9.14. The number of esters is 1. The molecular weight excluding hydrogens is 213 g/mol. The molecule has 0 aliphatic carbocycles. The molecule has 0 heterocycles. The highest BCUT2D eigenvalue weighted by atomic mass is 19.4. The number of halogens is 3. The first-order valence-electron chi connectivity index (χ1n) is 4.39. The molecule has 0 fully saturated rings. The monoisotopic (exact) mass is 228 g/mol. The van der Waals surface area contributed by atoms with Crippen molar-refractivity contribution in [3.8, 4) is 0 Å². The van der Waals surface area contributed by atoms with E-state index in [4.69, 9.17) is 0 Å². The van der Waals surface area contributed by atoms with Crippen molar-refractivity contribution in [1.29, 1.82) is 0 Å². The molecule has 0 saturated carbocycles. The SMILES string of the molecule is COCC(C)OC(=O)C(C)(C)C(F)(F)F.